The molecule has 7 heteroatoms. The Morgan fingerprint density at radius 2 is 2.17 bits per heavy atom. The van der Waals surface area contributed by atoms with Gasteiger partial charge in [0, 0.05) is 35.5 Å². The van der Waals surface area contributed by atoms with E-state index in [1.807, 2.05) is 25.1 Å². The van der Waals surface area contributed by atoms with Gasteiger partial charge in [0.2, 0.25) is 11.8 Å². The van der Waals surface area contributed by atoms with Crippen LogP contribution in [0.3, 0.4) is 0 Å². The number of carbonyl (C=O) groups excluding carboxylic acids is 2. The van der Waals surface area contributed by atoms with Gasteiger partial charge in [-0.05, 0) is 31.5 Å². The zero-order valence-corrected chi connectivity index (χ0v) is 14.6. The standard InChI is InChI=1S/C16H19BrN4O2/c1-11-3-4-13(17)9-14(11)20-15(22)5-6-19-16(23)12(2)21-8-7-18-10-21/h3-4,7-10,12H,5-6H2,1-2H3,(H,19,23)(H,20,22)/t12-/m0/s1. The minimum Gasteiger partial charge on any atom is -0.354 e. The average Bonchev–Trinajstić information content (AvgIpc) is 3.04. The van der Waals surface area contributed by atoms with Crippen molar-refractivity contribution in [3.05, 3.63) is 47.0 Å². The van der Waals surface area contributed by atoms with Gasteiger partial charge >= 0.3 is 0 Å². The van der Waals surface area contributed by atoms with Gasteiger partial charge < -0.3 is 15.2 Å². The summed E-state index contributed by atoms with van der Waals surface area (Å²) in [6.45, 7) is 4.00. The molecular formula is C16H19BrN4O2. The van der Waals surface area contributed by atoms with Crippen molar-refractivity contribution in [1.82, 2.24) is 14.9 Å². The molecule has 23 heavy (non-hydrogen) atoms. The van der Waals surface area contributed by atoms with Gasteiger partial charge in [0.25, 0.3) is 0 Å². The third-order valence-corrected chi connectivity index (χ3v) is 3.97. The number of carbonyl (C=O) groups is 2. The molecule has 0 fully saturated rings. The lowest BCUT2D eigenvalue weighted by atomic mass is 10.2. The molecule has 2 rings (SSSR count). The number of benzene rings is 1. The molecule has 0 radical (unpaired) electrons. The van der Waals surface area contributed by atoms with E-state index in [4.69, 9.17) is 0 Å². The maximum absolute atomic E-state index is 12.0. The van der Waals surface area contributed by atoms with Gasteiger partial charge in [-0.25, -0.2) is 4.98 Å². The van der Waals surface area contributed by atoms with Gasteiger partial charge in [-0.15, -0.1) is 0 Å². The topological polar surface area (TPSA) is 76.0 Å². The molecule has 6 nitrogen and oxygen atoms in total. The van der Waals surface area contributed by atoms with Crippen molar-refractivity contribution in [2.24, 2.45) is 0 Å². The van der Waals surface area contributed by atoms with Gasteiger partial charge in [-0.1, -0.05) is 22.0 Å². The van der Waals surface area contributed by atoms with Crippen molar-refractivity contribution in [2.75, 3.05) is 11.9 Å². The molecule has 0 bridgehead atoms. The highest BCUT2D eigenvalue weighted by molar-refractivity contribution is 9.10. The summed E-state index contributed by atoms with van der Waals surface area (Å²) < 4.78 is 2.61. The Balaban J connectivity index is 1.78. The fourth-order valence-electron chi connectivity index (χ4n) is 2.02. The van der Waals surface area contributed by atoms with Crippen LogP contribution in [-0.2, 0) is 9.59 Å². The maximum atomic E-state index is 12.0. The number of hydrogen-bond acceptors (Lipinski definition) is 3. The smallest absolute Gasteiger partial charge is 0.242 e. The average molecular weight is 379 g/mol. The van der Waals surface area contributed by atoms with E-state index >= 15 is 0 Å². The largest absolute Gasteiger partial charge is 0.354 e. The molecule has 0 saturated heterocycles. The van der Waals surface area contributed by atoms with Crippen molar-refractivity contribution in [1.29, 1.82) is 0 Å². The number of aryl methyl sites for hydroxylation is 1. The maximum Gasteiger partial charge on any atom is 0.242 e. The van der Waals surface area contributed by atoms with Gasteiger partial charge in [0.1, 0.15) is 6.04 Å². The number of nitrogens with one attached hydrogen (secondary N) is 2. The number of imidazole rings is 1. The number of nitrogens with zero attached hydrogens (tertiary/aromatic N) is 2. The van der Waals surface area contributed by atoms with Crippen LogP contribution in [0, 0.1) is 6.92 Å². The first kappa shape index (κ1) is 17.2. The van der Waals surface area contributed by atoms with Crippen LogP contribution in [0.15, 0.2) is 41.4 Å². The number of amides is 2. The minimum absolute atomic E-state index is 0.137. The highest BCUT2D eigenvalue weighted by atomic mass is 79.9. The molecule has 0 spiro atoms. The Kier molecular flexibility index (Phi) is 5.92. The van der Waals surface area contributed by atoms with Crippen molar-refractivity contribution in [2.45, 2.75) is 26.3 Å². The molecule has 1 heterocycles. The number of hydrogen-bond donors (Lipinski definition) is 2. The SMILES string of the molecule is Cc1ccc(Br)cc1NC(=O)CCNC(=O)[C@H](C)n1ccnc1. The third kappa shape index (κ3) is 4.92. The molecule has 0 aliphatic carbocycles. The first-order chi connectivity index (χ1) is 11.0. The van der Waals surface area contributed by atoms with E-state index in [0.29, 0.717) is 0 Å². The summed E-state index contributed by atoms with van der Waals surface area (Å²) in [5, 5.41) is 5.60. The molecule has 0 aliphatic rings. The predicted molar refractivity (Wildman–Crippen MR) is 92.1 cm³/mol. The van der Waals surface area contributed by atoms with Crippen molar-refractivity contribution in [3.8, 4) is 0 Å². The predicted octanol–water partition coefficient (Wildman–Crippen LogP) is 2.66. The summed E-state index contributed by atoms with van der Waals surface area (Å²) in [7, 11) is 0. The van der Waals surface area contributed by atoms with Crippen LogP contribution in [0.25, 0.3) is 0 Å². The molecule has 1 aromatic heterocycles. The Morgan fingerprint density at radius 3 is 2.87 bits per heavy atom. The molecule has 2 amide bonds. The first-order valence-electron chi connectivity index (χ1n) is 7.28. The molecular weight excluding hydrogens is 360 g/mol. The summed E-state index contributed by atoms with van der Waals surface area (Å²) >= 11 is 3.38. The minimum atomic E-state index is -0.354. The number of halogens is 1. The van der Waals surface area contributed by atoms with E-state index in [1.165, 1.54) is 0 Å². The highest BCUT2D eigenvalue weighted by Crippen LogP contribution is 2.20. The molecule has 0 unspecified atom stereocenters. The number of rotatable bonds is 6. The Labute approximate surface area is 143 Å². The van der Waals surface area contributed by atoms with Crippen LogP contribution in [-0.4, -0.2) is 27.9 Å². The van der Waals surface area contributed by atoms with Crippen molar-refractivity contribution >= 4 is 33.4 Å². The lowest BCUT2D eigenvalue weighted by Crippen LogP contribution is -2.33. The first-order valence-corrected chi connectivity index (χ1v) is 8.08. The number of aromatic nitrogens is 2. The van der Waals surface area contributed by atoms with E-state index in [-0.39, 0.29) is 30.8 Å². The molecule has 0 saturated carbocycles. The number of anilines is 1. The summed E-state index contributed by atoms with van der Waals surface area (Å²) in [5.41, 5.74) is 1.75. The summed E-state index contributed by atoms with van der Waals surface area (Å²) in [4.78, 5) is 27.9. The second-order valence-corrected chi connectivity index (χ2v) is 6.15. The lowest BCUT2D eigenvalue weighted by molar-refractivity contribution is -0.124. The second kappa shape index (κ2) is 7.92. The van der Waals surface area contributed by atoms with Crippen LogP contribution in [0.4, 0.5) is 5.69 Å². The quantitative estimate of drug-likeness (QED) is 0.810. The van der Waals surface area contributed by atoms with E-state index in [9.17, 15) is 9.59 Å². The van der Waals surface area contributed by atoms with E-state index in [1.54, 1.807) is 30.2 Å². The van der Waals surface area contributed by atoms with Crippen molar-refractivity contribution in [3.63, 3.8) is 0 Å². The summed E-state index contributed by atoms with van der Waals surface area (Å²) in [5.74, 6) is -0.281. The third-order valence-electron chi connectivity index (χ3n) is 3.48. The zero-order valence-electron chi connectivity index (χ0n) is 13.0. The molecule has 2 aromatic rings. The molecule has 2 N–H and O–H groups in total. The van der Waals surface area contributed by atoms with E-state index < -0.39 is 0 Å². The van der Waals surface area contributed by atoms with Gasteiger partial charge in [0.15, 0.2) is 0 Å². The fraction of sp³-hybridized carbons (Fsp3) is 0.312. The molecule has 1 atom stereocenters. The van der Waals surface area contributed by atoms with Gasteiger partial charge in [-0.2, -0.15) is 0 Å². The monoisotopic (exact) mass is 378 g/mol. The van der Waals surface area contributed by atoms with Crippen LogP contribution >= 0.6 is 15.9 Å². The van der Waals surface area contributed by atoms with Gasteiger partial charge in [-0.3, -0.25) is 9.59 Å². The Hall–Kier alpha value is -2.15. The zero-order chi connectivity index (χ0) is 16.8. The van der Waals surface area contributed by atoms with Crippen LogP contribution in [0.5, 0.6) is 0 Å². The van der Waals surface area contributed by atoms with Crippen LogP contribution < -0.4 is 10.6 Å². The second-order valence-electron chi connectivity index (χ2n) is 5.23. The van der Waals surface area contributed by atoms with E-state index in [2.05, 4.69) is 31.5 Å². The summed E-state index contributed by atoms with van der Waals surface area (Å²) in [6.07, 6.45) is 5.16. The fourth-order valence-corrected chi connectivity index (χ4v) is 2.38. The normalized spacial score (nSPS) is 11.8. The molecule has 0 aliphatic heterocycles. The van der Waals surface area contributed by atoms with Crippen LogP contribution in [0.2, 0.25) is 0 Å². The van der Waals surface area contributed by atoms with Crippen molar-refractivity contribution < 1.29 is 9.59 Å². The van der Waals surface area contributed by atoms with E-state index in [0.717, 1.165) is 15.7 Å². The lowest BCUT2D eigenvalue weighted by Gasteiger charge is -2.13. The highest BCUT2D eigenvalue weighted by Gasteiger charge is 2.14. The van der Waals surface area contributed by atoms with Crippen LogP contribution in [0.1, 0.15) is 24.9 Å². The molecule has 1 aromatic carbocycles. The Morgan fingerprint density at radius 1 is 1.39 bits per heavy atom. The molecule has 122 valence electrons. The Bertz CT molecular complexity index is 685. The summed E-state index contributed by atoms with van der Waals surface area (Å²) in [6, 6.07) is 5.34. The van der Waals surface area contributed by atoms with Gasteiger partial charge in [0.05, 0.1) is 6.33 Å².